The minimum absolute atomic E-state index is 0.0977. The predicted octanol–water partition coefficient (Wildman–Crippen LogP) is 2.44. The molecule has 124 valence electrons. The van der Waals surface area contributed by atoms with E-state index in [4.69, 9.17) is 4.74 Å². The lowest BCUT2D eigenvalue weighted by molar-refractivity contribution is 0.0342. The second-order valence-electron chi connectivity index (χ2n) is 7.34. The molecular formula is C19H26N2O2. The Kier molecular flexibility index (Phi) is 4.36. The van der Waals surface area contributed by atoms with Crippen molar-refractivity contribution in [1.82, 2.24) is 10.2 Å². The first kappa shape index (κ1) is 15.2. The normalized spacial score (nSPS) is 30.5. The summed E-state index contributed by atoms with van der Waals surface area (Å²) >= 11 is 0. The highest BCUT2D eigenvalue weighted by Crippen LogP contribution is 2.44. The number of carbonyl (C=O) groups is 1. The first-order chi connectivity index (χ1) is 11.3. The quantitative estimate of drug-likeness (QED) is 0.928. The van der Waals surface area contributed by atoms with Crippen molar-refractivity contribution >= 4 is 5.91 Å². The van der Waals surface area contributed by atoms with Crippen LogP contribution in [0.5, 0.6) is 0 Å². The maximum Gasteiger partial charge on any atom is 0.251 e. The minimum Gasteiger partial charge on any atom is -0.379 e. The van der Waals surface area contributed by atoms with Gasteiger partial charge in [-0.2, -0.15) is 0 Å². The lowest BCUT2D eigenvalue weighted by Gasteiger charge is -2.26. The van der Waals surface area contributed by atoms with Crippen molar-refractivity contribution in [3.63, 3.8) is 0 Å². The van der Waals surface area contributed by atoms with Crippen molar-refractivity contribution in [2.75, 3.05) is 26.3 Å². The Labute approximate surface area is 138 Å². The lowest BCUT2D eigenvalue weighted by Crippen LogP contribution is -2.38. The van der Waals surface area contributed by atoms with Gasteiger partial charge in [0.05, 0.1) is 13.2 Å². The Morgan fingerprint density at radius 3 is 2.57 bits per heavy atom. The zero-order valence-electron chi connectivity index (χ0n) is 13.7. The topological polar surface area (TPSA) is 41.6 Å². The average Bonchev–Trinajstić information content (AvgIpc) is 3.19. The summed E-state index contributed by atoms with van der Waals surface area (Å²) in [5.74, 6) is 1.69. The number of fused-ring (bicyclic) bond motifs is 2. The van der Waals surface area contributed by atoms with Crippen molar-refractivity contribution in [2.45, 2.75) is 38.3 Å². The molecule has 1 amide bonds. The van der Waals surface area contributed by atoms with Crippen LogP contribution in [0.4, 0.5) is 0 Å². The molecule has 2 bridgehead atoms. The van der Waals surface area contributed by atoms with Gasteiger partial charge in [0, 0.05) is 31.2 Å². The smallest absolute Gasteiger partial charge is 0.251 e. The second kappa shape index (κ2) is 6.62. The molecule has 0 radical (unpaired) electrons. The highest BCUT2D eigenvalue weighted by atomic mass is 16.5. The van der Waals surface area contributed by atoms with Crippen LogP contribution in [0.15, 0.2) is 24.3 Å². The number of carbonyl (C=O) groups excluding carboxylic acids is 1. The van der Waals surface area contributed by atoms with Gasteiger partial charge in [0.15, 0.2) is 0 Å². The van der Waals surface area contributed by atoms with E-state index in [1.165, 1.54) is 31.2 Å². The van der Waals surface area contributed by atoms with Crippen LogP contribution in [-0.2, 0) is 11.3 Å². The molecule has 1 N–H and O–H groups in total. The summed E-state index contributed by atoms with van der Waals surface area (Å²) in [6.45, 7) is 4.57. The Balaban J connectivity index is 1.33. The third-order valence-corrected chi connectivity index (χ3v) is 5.78. The number of amides is 1. The van der Waals surface area contributed by atoms with E-state index in [2.05, 4.69) is 22.3 Å². The maximum atomic E-state index is 12.4. The van der Waals surface area contributed by atoms with Gasteiger partial charge in [-0.1, -0.05) is 18.6 Å². The van der Waals surface area contributed by atoms with Gasteiger partial charge in [-0.05, 0) is 48.8 Å². The van der Waals surface area contributed by atoms with E-state index in [9.17, 15) is 4.79 Å². The zero-order valence-corrected chi connectivity index (χ0v) is 13.7. The fraction of sp³-hybridized carbons (Fsp3) is 0.632. The third-order valence-electron chi connectivity index (χ3n) is 5.78. The van der Waals surface area contributed by atoms with Gasteiger partial charge in [0.2, 0.25) is 0 Å². The van der Waals surface area contributed by atoms with Gasteiger partial charge in [0.25, 0.3) is 5.91 Å². The monoisotopic (exact) mass is 314 g/mol. The van der Waals surface area contributed by atoms with Crippen LogP contribution in [0.25, 0.3) is 0 Å². The molecule has 3 atom stereocenters. The number of hydrogen-bond acceptors (Lipinski definition) is 3. The summed E-state index contributed by atoms with van der Waals surface area (Å²) in [5, 5.41) is 3.26. The standard InChI is InChI=1S/C19H26N2O2/c22-19(20-18-12-15-3-6-17(18)11-15)16-4-1-14(2-5-16)13-21-7-9-23-10-8-21/h1-2,4-5,15,17-18H,3,6-13H2,(H,20,22)/t15-,17+,18+/m0/s1. The van der Waals surface area contributed by atoms with Gasteiger partial charge in [-0.25, -0.2) is 0 Å². The number of morpholine rings is 1. The number of benzene rings is 1. The fourth-order valence-corrected chi connectivity index (χ4v) is 4.45. The molecule has 4 nitrogen and oxygen atoms in total. The summed E-state index contributed by atoms with van der Waals surface area (Å²) in [7, 11) is 0. The molecule has 0 spiro atoms. The van der Waals surface area contributed by atoms with Gasteiger partial charge in [-0.15, -0.1) is 0 Å². The van der Waals surface area contributed by atoms with Crippen molar-refractivity contribution in [1.29, 1.82) is 0 Å². The van der Waals surface area contributed by atoms with Gasteiger partial charge < -0.3 is 10.1 Å². The molecule has 1 aromatic rings. The maximum absolute atomic E-state index is 12.4. The Morgan fingerprint density at radius 2 is 1.91 bits per heavy atom. The van der Waals surface area contributed by atoms with E-state index in [1.807, 2.05) is 12.1 Å². The summed E-state index contributed by atoms with van der Waals surface area (Å²) in [4.78, 5) is 14.8. The van der Waals surface area contributed by atoms with E-state index in [-0.39, 0.29) is 5.91 Å². The molecule has 3 fully saturated rings. The van der Waals surface area contributed by atoms with Crippen molar-refractivity contribution < 1.29 is 9.53 Å². The fourth-order valence-electron chi connectivity index (χ4n) is 4.45. The third kappa shape index (κ3) is 3.43. The van der Waals surface area contributed by atoms with E-state index < -0.39 is 0 Å². The molecule has 4 heteroatoms. The molecule has 1 aromatic carbocycles. The SMILES string of the molecule is O=C(N[C@@H]1C[C@H]2CC[C@@H]1C2)c1ccc(CN2CCOCC2)cc1. The predicted molar refractivity (Wildman–Crippen MR) is 89.2 cm³/mol. The minimum atomic E-state index is 0.0977. The van der Waals surface area contributed by atoms with Crippen molar-refractivity contribution in [3.05, 3.63) is 35.4 Å². The van der Waals surface area contributed by atoms with E-state index >= 15 is 0 Å². The van der Waals surface area contributed by atoms with Gasteiger partial charge >= 0.3 is 0 Å². The van der Waals surface area contributed by atoms with Crippen LogP contribution in [-0.4, -0.2) is 43.2 Å². The Hall–Kier alpha value is -1.39. The van der Waals surface area contributed by atoms with E-state index in [0.717, 1.165) is 50.2 Å². The number of nitrogens with one attached hydrogen (secondary N) is 1. The largest absolute Gasteiger partial charge is 0.379 e. The zero-order chi connectivity index (χ0) is 15.6. The van der Waals surface area contributed by atoms with Crippen LogP contribution in [0.3, 0.4) is 0 Å². The lowest BCUT2D eigenvalue weighted by atomic mass is 9.95. The molecule has 4 rings (SSSR count). The van der Waals surface area contributed by atoms with E-state index in [0.29, 0.717) is 6.04 Å². The van der Waals surface area contributed by atoms with Crippen molar-refractivity contribution in [2.24, 2.45) is 11.8 Å². The highest BCUT2D eigenvalue weighted by molar-refractivity contribution is 5.94. The number of hydrogen-bond donors (Lipinski definition) is 1. The molecule has 1 saturated heterocycles. The summed E-state index contributed by atoms with van der Waals surface area (Å²) in [5.41, 5.74) is 2.06. The molecule has 0 unspecified atom stereocenters. The number of rotatable bonds is 4. The van der Waals surface area contributed by atoms with Gasteiger partial charge in [-0.3, -0.25) is 9.69 Å². The van der Waals surface area contributed by atoms with Crippen LogP contribution in [0.2, 0.25) is 0 Å². The number of ether oxygens (including phenoxy) is 1. The molecule has 2 aliphatic carbocycles. The second-order valence-corrected chi connectivity index (χ2v) is 7.34. The highest BCUT2D eigenvalue weighted by Gasteiger charge is 2.40. The van der Waals surface area contributed by atoms with Crippen LogP contribution < -0.4 is 5.32 Å². The average molecular weight is 314 g/mol. The van der Waals surface area contributed by atoms with Gasteiger partial charge in [0.1, 0.15) is 0 Å². The molecule has 2 saturated carbocycles. The summed E-state index contributed by atoms with van der Waals surface area (Å²) in [6, 6.07) is 8.53. The molecule has 3 aliphatic rings. The Bertz CT molecular complexity index is 551. The molecule has 0 aromatic heterocycles. The summed E-state index contributed by atoms with van der Waals surface area (Å²) in [6.07, 6.45) is 5.18. The molecule has 1 heterocycles. The molecular weight excluding hydrogens is 288 g/mol. The van der Waals surface area contributed by atoms with Crippen molar-refractivity contribution in [3.8, 4) is 0 Å². The Morgan fingerprint density at radius 1 is 1.13 bits per heavy atom. The first-order valence-corrected chi connectivity index (χ1v) is 8.98. The van der Waals surface area contributed by atoms with Crippen LogP contribution >= 0.6 is 0 Å². The van der Waals surface area contributed by atoms with Crippen LogP contribution in [0.1, 0.15) is 41.6 Å². The molecule has 23 heavy (non-hydrogen) atoms. The molecule has 1 aliphatic heterocycles. The van der Waals surface area contributed by atoms with E-state index in [1.54, 1.807) is 0 Å². The number of nitrogens with zero attached hydrogens (tertiary/aromatic N) is 1. The van der Waals surface area contributed by atoms with Crippen LogP contribution in [0, 0.1) is 11.8 Å². The summed E-state index contributed by atoms with van der Waals surface area (Å²) < 4.78 is 5.38. The first-order valence-electron chi connectivity index (χ1n) is 8.98.